The summed E-state index contributed by atoms with van der Waals surface area (Å²) >= 11 is 5.88. The highest BCUT2D eigenvalue weighted by Gasteiger charge is 2.46. The number of aliphatic hydroxyl groups is 1. The van der Waals surface area contributed by atoms with Crippen LogP contribution in [0.2, 0.25) is 5.02 Å². The highest BCUT2D eigenvalue weighted by Crippen LogP contribution is 2.40. The lowest BCUT2D eigenvalue weighted by Crippen LogP contribution is -2.31. The average molecular weight is 388 g/mol. The third-order valence-corrected chi connectivity index (χ3v) is 4.86. The molecule has 1 heterocycles. The van der Waals surface area contributed by atoms with Gasteiger partial charge in [-0.05, 0) is 36.8 Å². The lowest BCUT2D eigenvalue weighted by molar-refractivity contribution is -0.139. The summed E-state index contributed by atoms with van der Waals surface area (Å²) < 4.78 is 14.5. The molecular formula is C21H19ClFNO3. The highest BCUT2D eigenvalue weighted by atomic mass is 35.5. The van der Waals surface area contributed by atoms with Crippen LogP contribution in [0.25, 0.3) is 5.76 Å². The second-order valence-electron chi connectivity index (χ2n) is 6.37. The minimum atomic E-state index is -0.964. The number of Topliss-reactive ketones (excluding diaryl/α,β-unsaturated/α-hetero) is 1. The predicted molar refractivity (Wildman–Crippen MR) is 102 cm³/mol. The van der Waals surface area contributed by atoms with Crippen molar-refractivity contribution in [3.05, 3.63) is 76.1 Å². The third kappa shape index (κ3) is 3.60. The molecule has 27 heavy (non-hydrogen) atoms. The molecular weight excluding hydrogens is 369 g/mol. The topological polar surface area (TPSA) is 57.6 Å². The Hall–Kier alpha value is -2.66. The fourth-order valence-corrected chi connectivity index (χ4v) is 3.35. The van der Waals surface area contributed by atoms with E-state index in [0.717, 1.165) is 6.42 Å². The number of ketones is 1. The summed E-state index contributed by atoms with van der Waals surface area (Å²) in [6, 6.07) is 11.3. The van der Waals surface area contributed by atoms with E-state index in [1.165, 1.54) is 23.1 Å². The molecule has 140 valence electrons. The van der Waals surface area contributed by atoms with Crippen molar-refractivity contribution in [2.24, 2.45) is 0 Å². The van der Waals surface area contributed by atoms with Gasteiger partial charge in [0.15, 0.2) is 0 Å². The van der Waals surface area contributed by atoms with E-state index in [0.29, 0.717) is 23.6 Å². The number of carbonyl (C=O) groups excluding carboxylic acids is 2. The van der Waals surface area contributed by atoms with Gasteiger partial charge in [0.2, 0.25) is 0 Å². The van der Waals surface area contributed by atoms with Crippen LogP contribution < -0.4 is 0 Å². The van der Waals surface area contributed by atoms with Crippen molar-refractivity contribution < 1.29 is 19.1 Å². The van der Waals surface area contributed by atoms with Crippen molar-refractivity contribution in [1.82, 2.24) is 4.90 Å². The Bertz CT molecular complexity index is 908. The molecule has 6 heteroatoms. The van der Waals surface area contributed by atoms with Gasteiger partial charge in [-0.2, -0.15) is 0 Å². The molecule has 1 aliphatic rings. The van der Waals surface area contributed by atoms with Gasteiger partial charge in [-0.1, -0.05) is 43.1 Å². The lowest BCUT2D eigenvalue weighted by atomic mass is 9.95. The number of nitrogens with zero attached hydrogens (tertiary/aromatic N) is 1. The van der Waals surface area contributed by atoms with Crippen LogP contribution in [-0.4, -0.2) is 28.2 Å². The van der Waals surface area contributed by atoms with Gasteiger partial charge in [0.05, 0.1) is 11.6 Å². The number of carbonyl (C=O) groups is 2. The molecule has 0 aromatic heterocycles. The van der Waals surface area contributed by atoms with Crippen molar-refractivity contribution in [2.75, 3.05) is 6.54 Å². The molecule has 1 atom stereocenters. The zero-order valence-electron chi connectivity index (χ0n) is 14.8. The standard InChI is InChI=1S/C21H19ClFNO3/c1-2-3-12-24-18(15-6-4-5-7-16(15)23)17(20(26)21(24)27)19(25)13-8-10-14(22)11-9-13/h4-11,18,25H,2-3,12H2,1H3/t18-/m1/s1. The van der Waals surface area contributed by atoms with Crippen molar-refractivity contribution in [3.8, 4) is 0 Å². The Morgan fingerprint density at radius 3 is 2.44 bits per heavy atom. The first-order valence-corrected chi connectivity index (χ1v) is 9.12. The minimum absolute atomic E-state index is 0.108. The third-order valence-electron chi connectivity index (χ3n) is 4.61. The van der Waals surface area contributed by atoms with E-state index in [-0.39, 0.29) is 16.9 Å². The molecule has 0 unspecified atom stereocenters. The van der Waals surface area contributed by atoms with E-state index in [4.69, 9.17) is 11.6 Å². The summed E-state index contributed by atoms with van der Waals surface area (Å²) in [5.74, 6) is -2.41. The van der Waals surface area contributed by atoms with Gasteiger partial charge in [-0.25, -0.2) is 4.39 Å². The van der Waals surface area contributed by atoms with Crippen LogP contribution in [0.15, 0.2) is 54.1 Å². The van der Waals surface area contributed by atoms with E-state index in [2.05, 4.69) is 0 Å². The first-order chi connectivity index (χ1) is 13.0. The van der Waals surface area contributed by atoms with Gasteiger partial charge in [0.1, 0.15) is 11.6 Å². The summed E-state index contributed by atoms with van der Waals surface area (Å²) in [4.78, 5) is 26.6. The summed E-state index contributed by atoms with van der Waals surface area (Å²) in [6.07, 6.45) is 1.48. The van der Waals surface area contributed by atoms with E-state index >= 15 is 0 Å². The first kappa shape index (κ1) is 19.1. The average Bonchev–Trinajstić information content (AvgIpc) is 2.91. The van der Waals surface area contributed by atoms with Crippen LogP contribution in [0, 0.1) is 5.82 Å². The van der Waals surface area contributed by atoms with E-state index in [1.54, 1.807) is 30.3 Å². The van der Waals surface area contributed by atoms with E-state index in [1.807, 2.05) is 6.92 Å². The van der Waals surface area contributed by atoms with Gasteiger partial charge in [0.25, 0.3) is 11.7 Å². The highest BCUT2D eigenvalue weighted by molar-refractivity contribution is 6.46. The molecule has 2 aromatic carbocycles. The smallest absolute Gasteiger partial charge is 0.295 e. The van der Waals surface area contributed by atoms with Crippen molar-refractivity contribution in [2.45, 2.75) is 25.8 Å². The molecule has 4 nitrogen and oxygen atoms in total. The van der Waals surface area contributed by atoms with Gasteiger partial charge in [-0.15, -0.1) is 0 Å². The largest absolute Gasteiger partial charge is 0.507 e. The maximum atomic E-state index is 14.5. The van der Waals surface area contributed by atoms with E-state index in [9.17, 15) is 19.1 Å². The maximum absolute atomic E-state index is 14.5. The fourth-order valence-electron chi connectivity index (χ4n) is 3.22. The number of hydrogen-bond donors (Lipinski definition) is 1. The van der Waals surface area contributed by atoms with Crippen molar-refractivity contribution in [1.29, 1.82) is 0 Å². The molecule has 1 saturated heterocycles. The minimum Gasteiger partial charge on any atom is -0.507 e. The molecule has 0 aliphatic carbocycles. The fraction of sp³-hybridized carbons (Fsp3) is 0.238. The number of rotatable bonds is 5. The molecule has 0 saturated carbocycles. The molecule has 0 bridgehead atoms. The van der Waals surface area contributed by atoms with Crippen molar-refractivity contribution in [3.63, 3.8) is 0 Å². The van der Waals surface area contributed by atoms with Gasteiger partial charge in [-0.3, -0.25) is 9.59 Å². The summed E-state index contributed by atoms with van der Waals surface area (Å²) in [5.41, 5.74) is 0.418. The Balaban J connectivity index is 2.18. The monoisotopic (exact) mass is 387 g/mol. The Morgan fingerprint density at radius 2 is 1.81 bits per heavy atom. The van der Waals surface area contributed by atoms with E-state index < -0.39 is 23.5 Å². The molecule has 0 radical (unpaired) electrons. The van der Waals surface area contributed by atoms with Gasteiger partial charge in [0, 0.05) is 22.7 Å². The van der Waals surface area contributed by atoms with Crippen LogP contribution in [-0.2, 0) is 9.59 Å². The zero-order chi connectivity index (χ0) is 19.6. The number of aliphatic hydroxyl groups excluding tert-OH is 1. The number of benzene rings is 2. The second-order valence-corrected chi connectivity index (χ2v) is 6.81. The van der Waals surface area contributed by atoms with Gasteiger partial charge >= 0.3 is 0 Å². The number of likely N-dealkylation sites (tertiary alicyclic amines) is 1. The summed E-state index contributed by atoms with van der Waals surface area (Å²) in [6.45, 7) is 2.26. The van der Waals surface area contributed by atoms with Crippen molar-refractivity contribution >= 4 is 29.1 Å². The molecule has 3 rings (SSSR count). The lowest BCUT2D eigenvalue weighted by Gasteiger charge is -2.25. The molecule has 0 spiro atoms. The first-order valence-electron chi connectivity index (χ1n) is 8.74. The second kappa shape index (κ2) is 7.92. The Labute approximate surface area is 161 Å². The Morgan fingerprint density at radius 1 is 1.15 bits per heavy atom. The summed E-state index contributed by atoms with van der Waals surface area (Å²) in [7, 11) is 0. The predicted octanol–water partition coefficient (Wildman–Crippen LogP) is 4.70. The van der Waals surface area contributed by atoms with Crippen LogP contribution in [0.5, 0.6) is 0 Å². The molecule has 1 amide bonds. The number of hydrogen-bond acceptors (Lipinski definition) is 3. The normalized spacial score (nSPS) is 18.9. The number of amides is 1. The number of unbranched alkanes of at least 4 members (excludes halogenated alkanes) is 1. The van der Waals surface area contributed by atoms with Crippen LogP contribution in [0.3, 0.4) is 0 Å². The van der Waals surface area contributed by atoms with Crippen LogP contribution in [0.4, 0.5) is 4.39 Å². The van der Waals surface area contributed by atoms with Crippen LogP contribution in [0.1, 0.15) is 36.9 Å². The van der Waals surface area contributed by atoms with Gasteiger partial charge < -0.3 is 10.0 Å². The molecule has 1 aliphatic heterocycles. The Kier molecular flexibility index (Phi) is 5.61. The quantitative estimate of drug-likeness (QED) is 0.459. The molecule has 1 N–H and O–H groups in total. The number of halogens is 2. The molecule has 2 aromatic rings. The SMILES string of the molecule is CCCCN1C(=O)C(=O)C(=C(O)c2ccc(Cl)cc2)[C@H]1c1ccccc1F. The zero-order valence-corrected chi connectivity index (χ0v) is 15.5. The van der Waals surface area contributed by atoms with Crippen LogP contribution >= 0.6 is 11.6 Å². The summed E-state index contributed by atoms with van der Waals surface area (Å²) in [5, 5.41) is 11.3. The maximum Gasteiger partial charge on any atom is 0.295 e. The molecule has 1 fully saturated rings.